The molecule has 1 heterocycles. The van der Waals surface area contributed by atoms with Gasteiger partial charge >= 0.3 is 22.6 Å². The van der Waals surface area contributed by atoms with E-state index in [1.807, 2.05) is 0 Å². The van der Waals surface area contributed by atoms with Gasteiger partial charge in [0.15, 0.2) is 0 Å². The Labute approximate surface area is 143 Å². The van der Waals surface area contributed by atoms with Gasteiger partial charge in [0.05, 0.1) is 5.56 Å². The van der Waals surface area contributed by atoms with Crippen LogP contribution in [0.1, 0.15) is 31.9 Å². The number of amides is 1. The number of alkyl halides is 3. The number of hydrogen-bond acceptors (Lipinski definition) is 4. The van der Waals surface area contributed by atoms with Crippen LogP contribution in [0.4, 0.5) is 18.0 Å². The summed E-state index contributed by atoms with van der Waals surface area (Å²) in [7, 11) is -4.45. The Morgan fingerprint density at radius 1 is 1.24 bits per heavy atom. The number of rotatable bonds is 2. The largest absolute Gasteiger partial charge is 0.532 e. The van der Waals surface area contributed by atoms with Gasteiger partial charge in [0.25, 0.3) is 0 Å². The highest BCUT2D eigenvalue weighted by Gasteiger charge is 2.68. The van der Waals surface area contributed by atoms with Gasteiger partial charge in [0.1, 0.15) is 18.2 Å². The summed E-state index contributed by atoms with van der Waals surface area (Å²) in [5, 5.41) is 9.70. The fourth-order valence-corrected chi connectivity index (χ4v) is 5.10. The highest BCUT2D eigenvalue weighted by atomic mass is 32.2. The Balaban J connectivity index is 2.43. The molecule has 25 heavy (non-hydrogen) atoms. The first-order valence-electron chi connectivity index (χ1n) is 7.41. The predicted molar refractivity (Wildman–Crippen MR) is 81.8 cm³/mol. The van der Waals surface area contributed by atoms with Crippen LogP contribution >= 0.6 is 0 Å². The number of halogens is 3. The smallest absolute Gasteiger partial charge is 0.434 e. The van der Waals surface area contributed by atoms with Crippen LogP contribution in [0, 0.1) is 0 Å². The molecule has 2 rings (SSSR count). The van der Waals surface area contributed by atoms with Crippen molar-refractivity contribution in [1.29, 1.82) is 0 Å². The van der Waals surface area contributed by atoms with Crippen LogP contribution in [-0.4, -0.2) is 41.7 Å². The molecule has 1 amide bonds. The zero-order valence-corrected chi connectivity index (χ0v) is 14.7. The first-order valence-corrected chi connectivity index (χ1v) is 8.78. The lowest BCUT2D eigenvalue weighted by molar-refractivity contribution is -0.803. The van der Waals surface area contributed by atoms with Crippen molar-refractivity contribution in [3.05, 3.63) is 35.4 Å². The van der Waals surface area contributed by atoms with E-state index >= 15 is 0 Å². The van der Waals surface area contributed by atoms with Crippen molar-refractivity contribution < 1.29 is 39.6 Å². The zero-order chi connectivity index (χ0) is 19.3. The molecule has 1 aromatic carbocycles. The maximum absolute atomic E-state index is 12.6. The van der Waals surface area contributed by atoms with Crippen molar-refractivity contribution in [3.8, 4) is 0 Å². The number of quaternary nitrogens is 1. The minimum absolute atomic E-state index is 0.0546. The average molecular weight is 382 g/mol. The van der Waals surface area contributed by atoms with Gasteiger partial charge in [-0.25, -0.2) is 4.18 Å². The van der Waals surface area contributed by atoms with Crippen molar-refractivity contribution in [3.63, 3.8) is 0 Å². The second-order valence-corrected chi connectivity index (χ2v) is 8.54. The van der Waals surface area contributed by atoms with Gasteiger partial charge in [-0.1, -0.05) is 16.0 Å². The fourth-order valence-electron chi connectivity index (χ4n) is 3.25. The van der Waals surface area contributed by atoms with Gasteiger partial charge < -0.3 is 5.11 Å². The first kappa shape index (κ1) is 19.7. The van der Waals surface area contributed by atoms with Crippen LogP contribution in [0.5, 0.6) is 0 Å². The Kier molecular flexibility index (Phi) is 4.69. The summed E-state index contributed by atoms with van der Waals surface area (Å²) < 4.78 is 66.1. The molecule has 0 bridgehead atoms. The van der Waals surface area contributed by atoms with Crippen molar-refractivity contribution in [2.24, 2.45) is 0 Å². The fraction of sp³-hybridized carbons (Fsp3) is 0.533. The van der Waals surface area contributed by atoms with Crippen molar-refractivity contribution in [1.82, 2.24) is 0 Å². The molecule has 0 aliphatic carbocycles. The monoisotopic (exact) mass is 382 g/mol. The maximum Gasteiger partial charge on any atom is 0.532 e. The molecule has 1 aliphatic heterocycles. The molecule has 0 aromatic heterocycles. The molecule has 6 nitrogen and oxygen atoms in total. The molecule has 0 saturated carbocycles. The molecule has 1 unspecified atom stereocenters. The Morgan fingerprint density at radius 2 is 1.76 bits per heavy atom. The first-order chi connectivity index (χ1) is 11.2. The summed E-state index contributed by atoms with van der Waals surface area (Å²) in [4.78, 5) is 11.9. The second kappa shape index (κ2) is 5.96. The van der Waals surface area contributed by atoms with Gasteiger partial charge in [0.2, 0.25) is 0 Å². The van der Waals surface area contributed by atoms with E-state index in [2.05, 4.69) is 0 Å². The van der Waals surface area contributed by atoms with Crippen LogP contribution in [-0.2, 0) is 27.1 Å². The van der Waals surface area contributed by atoms with Gasteiger partial charge in [-0.05, 0) is 38.5 Å². The minimum Gasteiger partial charge on any atom is -0.434 e. The number of carboxylic acid groups (broad SMARTS) is 1. The summed E-state index contributed by atoms with van der Waals surface area (Å²) in [6, 6.07) is 3.21. The minimum atomic E-state index is -4.48. The Bertz CT molecular complexity index is 768. The number of benzene rings is 1. The van der Waals surface area contributed by atoms with Crippen LogP contribution in [0.15, 0.2) is 24.3 Å². The van der Waals surface area contributed by atoms with Gasteiger partial charge in [-0.15, -0.1) is 8.42 Å². The van der Waals surface area contributed by atoms with E-state index in [1.165, 1.54) is 32.9 Å². The third-order valence-corrected chi connectivity index (χ3v) is 6.45. The van der Waals surface area contributed by atoms with Gasteiger partial charge in [-0.3, -0.25) is 0 Å². The molecule has 140 valence electrons. The van der Waals surface area contributed by atoms with E-state index < -0.39 is 43.6 Å². The molecule has 1 aromatic rings. The standard InChI is InChI=1S/C15H18F3NO5S/c1-14(2,3)19(13(20)21)12(9-24-25(19,22)23)8-10-4-6-11(7-5-10)15(16,17)18/h4-7,12H,8-9H2,1-3H3/p+1/t12-,19?/m0/s1. The van der Waals surface area contributed by atoms with E-state index in [-0.39, 0.29) is 13.0 Å². The van der Waals surface area contributed by atoms with Crippen LogP contribution in [0.25, 0.3) is 0 Å². The molecular weight excluding hydrogens is 363 g/mol. The molecule has 2 atom stereocenters. The molecule has 1 aliphatic rings. The maximum atomic E-state index is 12.6. The molecule has 1 saturated heterocycles. The van der Waals surface area contributed by atoms with Crippen LogP contribution < -0.4 is 0 Å². The second-order valence-electron chi connectivity index (χ2n) is 6.88. The third kappa shape index (κ3) is 3.13. The predicted octanol–water partition coefficient (Wildman–Crippen LogP) is 3.18. The molecular formula is C15H19F3NO5S+. The van der Waals surface area contributed by atoms with E-state index in [9.17, 15) is 31.5 Å². The van der Waals surface area contributed by atoms with E-state index in [4.69, 9.17) is 4.18 Å². The van der Waals surface area contributed by atoms with Crippen LogP contribution in [0.3, 0.4) is 0 Å². The van der Waals surface area contributed by atoms with Crippen molar-refractivity contribution in [2.75, 3.05) is 6.61 Å². The summed E-state index contributed by atoms with van der Waals surface area (Å²) in [5.41, 5.74) is -1.68. The quantitative estimate of drug-likeness (QED) is 0.795. The topological polar surface area (TPSA) is 80.7 Å². The molecule has 0 radical (unpaired) electrons. The average Bonchev–Trinajstić information content (AvgIpc) is 2.69. The lowest BCUT2D eigenvalue weighted by atomic mass is 9.98. The Morgan fingerprint density at radius 3 is 2.16 bits per heavy atom. The molecule has 0 spiro atoms. The SMILES string of the molecule is CC(C)(C)[N+]1(C(=O)O)[C@@H](Cc2ccc(C(F)(F)F)cc2)COS1(=O)=O. The van der Waals surface area contributed by atoms with E-state index in [0.717, 1.165) is 12.1 Å². The van der Waals surface area contributed by atoms with Gasteiger partial charge in [-0.2, -0.15) is 18.0 Å². The third-order valence-electron chi connectivity index (χ3n) is 4.31. The van der Waals surface area contributed by atoms with Crippen molar-refractivity contribution in [2.45, 2.75) is 44.9 Å². The normalized spacial score (nSPS) is 26.6. The Hall–Kier alpha value is -1.65. The summed E-state index contributed by atoms with van der Waals surface area (Å²) in [6.07, 6.45) is -6.12. The molecule has 1 fully saturated rings. The number of hydrogen-bond donors (Lipinski definition) is 1. The number of carbonyl (C=O) groups is 1. The van der Waals surface area contributed by atoms with Crippen molar-refractivity contribution >= 4 is 16.4 Å². The molecule has 1 N–H and O–H groups in total. The summed E-state index contributed by atoms with van der Waals surface area (Å²) in [5.74, 6) is 0. The number of nitrogens with zero attached hydrogens (tertiary/aromatic N) is 1. The molecule has 10 heteroatoms. The highest BCUT2D eigenvalue weighted by Crippen LogP contribution is 2.41. The lowest BCUT2D eigenvalue weighted by Gasteiger charge is -2.40. The highest BCUT2D eigenvalue weighted by molar-refractivity contribution is 7.81. The van der Waals surface area contributed by atoms with E-state index in [0.29, 0.717) is 5.56 Å². The summed E-state index contributed by atoms with van der Waals surface area (Å²) >= 11 is 0. The summed E-state index contributed by atoms with van der Waals surface area (Å²) in [6.45, 7) is 4.04. The van der Waals surface area contributed by atoms with E-state index in [1.54, 1.807) is 0 Å². The zero-order valence-electron chi connectivity index (χ0n) is 13.9. The van der Waals surface area contributed by atoms with Crippen LogP contribution in [0.2, 0.25) is 0 Å². The lowest BCUT2D eigenvalue weighted by Crippen LogP contribution is -2.68. The van der Waals surface area contributed by atoms with Gasteiger partial charge in [0, 0.05) is 6.42 Å².